The van der Waals surface area contributed by atoms with E-state index < -0.39 is 0 Å². The van der Waals surface area contributed by atoms with Crippen molar-refractivity contribution in [1.82, 2.24) is 25.0 Å². The second kappa shape index (κ2) is 4.59. The van der Waals surface area contributed by atoms with Gasteiger partial charge in [-0.2, -0.15) is 4.52 Å². The van der Waals surface area contributed by atoms with E-state index in [9.17, 15) is 0 Å². The predicted octanol–water partition coefficient (Wildman–Crippen LogP) is 2.38. The molecular weight excluding hydrogens is 262 g/mol. The lowest BCUT2D eigenvalue weighted by molar-refractivity contribution is 0.786. The maximum atomic E-state index is 5.90. The van der Waals surface area contributed by atoms with E-state index >= 15 is 0 Å². The fraction of sp³-hybridized carbons (Fsp3) is 0.231. The number of nitrogens with zero attached hydrogens (tertiary/aromatic N) is 5. The highest BCUT2D eigenvalue weighted by atomic mass is 35.5. The first kappa shape index (κ1) is 12.0. The Hall–Kier alpha value is -2.01. The molecule has 0 radical (unpaired) electrons. The second-order valence-electron chi connectivity index (χ2n) is 4.46. The van der Waals surface area contributed by atoms with Crippen molar-refractivity contribution in [3.63, 3.8) is 0 Å². The van der Waals surface area contributed by atoms with Crippen LogP contribution in [0.2, 0.25) is 5.02 Å². The molecule has 0 aliphatic rings. The van der Waals surface area contributed by atoms with Crippen LogP contribution in [0.5, 0.6) is 0 Å². The topological polar surface area (TPSA) is 56.0 Å². The van der Waals surface area contributed by atoms with Crippen molar-refractivity contribution in [2.75, 3.05) is 0 Å². The molecule has 0 atom stereocenters. The zero-order valence-electron chi connectivity index (χ0n) is 10.6. The molecule has 2 heterocycles. The summed E-state index contributed by atoms with van der Waals surface area (Å²) in [7, 11) is 0. The lowest BCUT2D eigenvalue weighted by Crippen LogP contribution is -2.06. The third-order valence-electron chi connectivity index (χ3n) is 3.21. The molecule has 3 rings (SSSR count). The van der Waals surface area contributed by atoms with Crippen LogP contribution >= 0.6 is 11.6 Å². The summed E-state index contributed by atoms with van der Waals surface area (Å²) in [5.41, 5.74) is 4.30. The lowest BCUT2D eigenvalue weighted by atomic mass is 10.0. The van der Waals surface area contributed by atoms with Gasteiger partial charge in [0, 0.05) is 17.1 Å². The van der Waals surface area contributed by atoms with Crippen LogP contribution in [0.15, 0.2) is 24.3 Å². The van der Waals surface area contributed by atoms with Gasteiger partial charge in [-0.25, -0.2) is 4.98 Å². The first-order valence-electron chi connectivity index (χ1n) is 5.94. The van der Waals surface area contributed by atoms with Gasteiger partial charge in [-0.3, -0.25) is 0 Å². The lowest BCUT2D eigenvalue weighted by Gasteiger charge is -2.09. The van der Waals surface area contributed by atoms with Gasteiger partial charge in [-0.05, 0) is 47.5 Å². The number of tetrazole rings is 1. The fourth-order valence-electron chi connectivity index (χ4n) is 2.14. The van der Waals surface area contributed by atoms with Gasteiger partial charge in [0.1, 0.15) is 0 Å². The van der Waals surface area contributed by atoms with Crippen molar-refractivity contribution in [3.8, 4) is 0 Å². The van der Waals surface area contributed by atoms with Crippen molar-refractivity contribution in [2.24, 2.45) is 0 Å². The van der Waals surface area contributed by atoms with Gasteiger partial charge in [0.05, 0.1) is 5.69 Å². The Bertz CT molecular complexity index is 733. The molecule has 0 bridgehead atoms. The standard InChI is InChI=1S/C13H12ClN5/c1-8-12(7-10-3-5-11(14)6-4-10)9(2)19-13(15-8)16-17-18-19/h3-6H,7H2,1-2H3. The van der Waals surface area contributed by atoms with Gasteiger partial charge >= 0.3 is 0 Å². The summed E-state index contributed by atoms with van der Waals surface area (Å²) >= 11 is 5.90. The minimum Gasteiger partial charge on any atom is -0.215 e. The minimum absolute atomic E-state index is 0.537. The van der Waals surface area contributed by atoms with Crippen LogP contribution in [0.25, 0.3) is 5.78 Å². The van der Waals surface area contributed by atoms with E-state index in [-0.39, 0.29) is 0 Å². The third kappa shape index (κ3) is 2.17. The van der Waals surface area contributed by atoms with Crippen molar-refractivity contribution >= 4 is 17.4 Å². The normalized spacial score (nSPS) is 11.1. The van der Waals surface area contributed by atoms with Gasteiger partial charge in [-0.1, -0.05) is 28.8 Å². The van der Waals surface area contributed by atoms with Crippen LogP contribution in [0.4, 0.5) is 0 Å². The van der Waals surface area contributed by atoms with E-state index in [0.29, 0.717) is 5.78 Å². The van der Waals surface area contributed by atoms with Gasteiger partial charge in [-0.15, -0.1) is 0 Å². The smallest absolute Gasteiger partial charge is 0.215 e. The summed E-state index contributed by atoms with van der Waals surface area (Å²) in [5, 5.41) is 12.2. The molecule has 5 nitrogen and oxygen atoms in total. The monoisotopic (exact) mass is 273 g/mol. The minimum atomic E-state index is 0.537. The van der Waals surface area contributed by atoms with Crippen molar-refractivity contribution in [1.29, 1.82) is 0 Å². The van der Waals surface area contributed by atoms with E-state index in [1.54, 1.807) is 4.52 Å². The summed E-state index contributed by atoms with van der Waals surface area (Å²) < 4.78 is 1.66. The Balaban J connectivity index is 2.06. The molecule has 0 saturated carbocycles. The molecule has 3 aromatic rings. The predicted molar refractivity (Wildman–Crippen MR) is 72.3 cm³/mol. The quantitative estimate of drug-likeness (QED) is 0.719. The molecule has 0 N–H and O–H groups in total. The maximum absolute atomic E-state index is 5.90. The van der Waals surface area contributed by atoms with Crippen LogP contribution in [0.3, 0.4) is 0 Å². The van der Waals surface area contributed by atoms with E-state index in [0.717, 1.165) is 28.4 Å². The summed E-state index contributed by atoms with van der Waals surface area (Å²) in [6, 6.07) is 7.82. The highest BCUT2D eigenvalue weighted by Gasteiger charge is 2.11. The molecule has 0 unspecified atom stereocenters. The molecule has 0 saturated heterocycles. The van der Waals surface area contributed by atoms with Crippen LogP contribution in [-0.2, 0) is 6.42 Å². The van der Waals surface area contributed by atoms with Crippen molar-refractivity contribution in [3.05, 3.63) is 51.8 Å². The number of hydrogen-bond acceptors (Lipinski definition) is 4. The third-order valence-corrected chi connectivity index (χ3v) is 3.46. The highest BCUT2D eigenvalue weighted by molar-refractivity contribution is 6.30. The molecule has 1 aromatic carbocycles. The Morgan fingerprint density at radius 3 is 2.63 bits per heavy atom. The molecule has 19 heavy (non-hydrogen) atoms. The first-order valence-corrected chi connectivity index (χ1v) is 6.31. The summed E-state index contributed by atoms with van der Waals surface area (Å²) in [6.07, 6.45) is 0.789. The van der Waals surface area contributed by atoms with Crippen molar-refractivity contribution < 1.29 is 0 Å². The summed E-state index contributed by atoms with van der Waals surface area (Å²) in [6.45, 7) is 3.98. The SMILES string of the molecule is Cc1nc2nnnn2c(C)c1Cc1ccc(Cl)cc1. The van der Waals surface area contributed by atoms with Crippen LogP contribution in [-0.4, -0.2) is 25.0 Å². The van der Waals surface area contributed by atoms with Gasteiger partial charge in [0.2, 0.25) is 0 Å². The first-order chi connectivity index (χ1) is 9.15. The maximum Gasteiger partial charge on any atom is 0.273 e. The molecule has 2 aromatic heterocycles. The molecular formula is C13H12ClN5. The van der Waals surface area contributed by atoms with Crippen LogP contribution in [0.1, 0.15) is 22.5 Å². The van der Waals surface area contributed by atoms with Crippen molar-refractivity contribution in [2.45, 2.75) is 20.3 Å². The number of hydrogen-bond donors (Lipinski definition) is 0. The van der Waals surface area contributed by atoms with E-state index in [4.69, 9.17) is 11.6 Å². The molecule has 0 aliphatic carbocycles. The van der Waals surface area contributed by atoms with E-state index in [1.165, 1.54) is 5.56 Å². The summed E-state index contributed by atoms with van der Waals surface area (Å²) in [4.78, 5) is 4.41. The molecule has 0 spiro atoms. The zero-order valence-corrected chi connectivity index (χ0v) is 11.4. The number of aryl methyl sites for hydroxylation is 2. The number of halogens is 1. The average molecular weight is 274 g/mol. The van der Waals surface area contributed by atoms with Crippen LogP contribution in [0, 0.1) is 13.8 Å². The van der Waals surface area contributed by atoms with Gasteiger partial charge in [0.25, 0.3) is 5.78 Å². The Morgan fingerprint density at radius 1 is 1.16 bits per heavy atom. The number of fused-ring (bicyclic) bond motifs is 1. The molecule has 0 fully saturated rings. The molecule has 0 aliphatic heterocycles. The highest BCUT2D eigenvalue weighted by Crippen LogP contribution is 2.18. The number of aromatic nitrogens is 5. The largest absolute Gasteiger partial charge is 0.273 e. The van der Waals surface area contributed by atoms with E-state index in [1.807, 2.05) is 38.1 Å². The second-order valence-corrected chi connectivity index (χ2v) is 4.89. The fourth-order valence-corrected chi connectivity index (χ4v) is 2.26. The Labute approximate surface area is 115 Å². The van der Waals surface area contributed by atoms with Crippen LogP contribution < -0.4 is 0 Å². The Kier molecular flexibility index (Phi) is 2.91. The number of benzene rings is 1. The number of rotatable bonds is 2. The Morgan fingerprint density at radius 2 is 1.89 bits per heavy atom. The molecule has 6 heteroatoms. The van der Waals surface area contributed by atoms with Gasteiger partial charge < -0.3 is 0 Å². The average Bonchev–Trinajstić information content (AvgIpc) is 2.85. The molecule has 0 amide bonds. The van der Waals surface area contributed by atoms with E-state index in [2.05, 4.69) is 20.5 Å². The van der Waals surface area contributed by atoms with Gasteiger partial charge in [0.15, 0.2) is 0 Å². The zero-order chi connectivity index (χ0) is 13.4. The molecule has 96 valence electrons. The summed E-state index contributed by atoms with van der Waals surface area (Å²) in [5.74, 6) is 0.537.